The van der Waals surface area contributed by atoms with Crippen molar-refractivity contribution >= 4 is 0 Å². The van der Waals surface area contributed by atoms with E-state index in [9.17, 15) is 0 Å². The summed E-state index contributed by atoms with van der Waals surface area (Å²) < 4.78 is 5.72. The molecule has 1 aromatic rings. The van der Waals surface area contributed by atoms with Gasteiger partial charge in [-0.1, -0.05) is 0 Å². The van der Waals surface area contributed by atoms with Crippen LogP contribution in [0.3, 0.4) is 0 Å². The number of rotatable bonds is 2. The monoisotopic (exact) mass is 163 g/mol. The van der Waals surface area contributed by atoms with E-state index < -0.39 is 0 Å². The van der Waals surface area contributed by atoms with Crippen LogP contribution in [-0.4, -0.2) is 11.1 Å². The molecule has 12 heavy (non-hydrogen) atoms. The van der Waals surface area contributed by atoms with Crippen molar-refractivity contribution in [2.24, 2.45) is 0 Å². The number of pyridine rings is 1. The molecule has 0 spiro atoms. The van der Waals surface area contributed by atoms with E-state index in [2.05, 4.69) is 11.9 Å². The third-order valence-corrected chi connectivity index (χ3v) is 2.09. The largest absolute Gasteiger partial charge is 0.488 e. The quantitative estimate of drug-likeness (QED) is 0.667. The summed E-state index contributed by atoms with van der Waals surface area (Å²) >= 11 is 0. The van der Waals surface area contributed by atoms with Crippen molar-refractivity contribution in [1.82, 2.24) is 4.98 Å². The van der Waals surface area contributed by atoms with Gasteiger partial charge in [0.2, 0.25) is 0 Å². The second-order valence-corrected chi connectivity index (χ2v) is 3.36. The molecule has 0 bridgehead atoms. The van der Waals surface area contributed by atoms with Gasteiger partial charge < -0.3 is 4.74 Å². The molecular formula is C10H13NO. The van der Waals surface area contributed by atoms with E-state index in [1.807, 2.05) is 19.2 Å². The number of hydrogen-bond acceptors (Lipinski definition) is 2. The smallest absolute Gasteiger partial charge is 0.143 e. The van der Waals surface area contributed by atoms with Crippen LogP contribution in [0.1, 0.15) is 24.1 Å². The Hall–Kier alpha value is -1.05. The lowest BCUT2D eigenvalue weighted by Gasteiger charge is -2.09. The zero-order chi connectivity index (χ0) is 8.55. The predicted molar refractivity (Wildman–Crippen MR) is 47.4 cm³/mol. The third kappa shape index (κ3) is 1.42. The van der Waals surface area contributed by atoms with Crippen molar-refractivity contribution in [3.8, 4) is 5.75 Å². The highest BCUT2D eigenvalue weighted by Gasteiger charge is 2.24. The van der Waals surface area contributed by atoms with Gasteiger partial charge in [0.15, 0.2) is 0 Å². The molecule has 0 radical (unpaired) electrons. The zero-order valence-electron chi connectivity index (χ0n) is 7.50. The molecule has 1 heterocycles. The molecule has 0 N–H and O–H groups in total. The van der Waals surface area contributed by atoms with Crippen molar-refractivity contribution in [3.63, 3.8) is 0 Å². The van der Waals surface area contributed by atoms with Crippen LogP contribution in [0.2, 0.25) is 0 Å². The van der Waals surface area contributed by atoms with Gasteiger partial charge in [-0.3, -0.25) is 4.98 Å². The molecule has 1 aliphatic carbocycles. The molecule has 0 atom stereocenters. The SMILES string of the molecule is Cc1ccnc(C)c1OC1CC1. The Morgan fingerprint density at radius 2 is 2.17 bits per heavy atom. The predicted octanol–water partition coefficient (Wildman–Crippen LogP) is 2.24. The highest BCUT2D eigenvalue weighted by molar-refractivity contribution is 5.35. The first kappa shape index (κ1) is 7.59. The van der Waals surface area contributed by atoms with Gasteiger partial charge in [-0.2, -0.15) is 0 Å². The second-order valence-electron chi connectivity index (χ2n) is 3.36. The lowest BCUT2D eigenvalue weighted by atomic mass is 10.2. The van der Waals surface area contributed by atoms with Crippen LogP contribution in [0.4, 0.5) is 0 Å². The number of aromatic nitrogens is 1. The van der Waals surface area contributed by atoms with Gasteiger partial charge in [0.05, 0.1) is 11.8 Å². The highest BCUT2D eigenvalue weighted by Crippen LogP contribution is 2.30. The molecule has 2 rings (SSSR count). The molecule has 2 nitrogen and oxygen atoms in total. The fraction of sp³-hybridized carbons (Fsp3) is 0.500. The first-order chi connectivity index (χ1) is 5.77. The minimum Gasteiger partial charge on any atom is -0.488 e. The Labute approximate surface area is 72.6 Å². The minimum atomic E-state index is 0.464. The van der Waals surface area contributed by atoms with Gasteiger partial charge in [-0.05, 0) is 38.3 Å². The standard InChI is InChI=1S/C10H13NO/c1-7-5-6-11-8(2)10(7)12-9-3-4-9/h5-6,9H,3-4H2,1-2H3. The van der Waals surface area contributed by atoms with Crippen molar-refractivity contribution in [1.29, 1.82) is 0 Å². The van der Waals surface area contributed by atoms with E-state index in [-0.39, 0.29) is 0 Å². The van der Waals surface area contributed by atoms with Gasteiger partial charge in [-0.25, -0.2) is 0 Å². The molecule has 1 saturated carbocycles. The molecule has 1 aliphatic rings. The lowest BCUT2D eigenvalue weighted by molar-refractivity contribution is 0.297. The Morgan fingerprint density at radius 3 is 2.75 bits per heavy atom. The highest BCUT2D eigenvalue weighted by atomic mass is 16.5. The summed E-state index contributed by atoms with van der Waals surface area (Å²) in [5.74, 6) is 0.986. The second kappa shape index (κ2) is 2.77. The fourth-order valence-electron chi connectivity index (χ4n) is 1.21. The molecule has 1 aromatic heterocycles. The van der Waals surface area contributed by atoms with Crippen LogP contribution in [0.15, 0.2) is 12.3 Å². The molecule has 0 unspecified atom stereocenters. The zero-order valence-corrected chi connectivity index (χ0v) is 7.50. The van der Waals surface area contributed by atoms with Crippen molar-refractivity contribution < 1.29 is 4.74 Å². The Morgan fingerprint density at radius 1 is 1.42 bits per heavy atom. The van der Waals surface area contributed by atoms with E-state index in [4.69, 9.17) is 4.74 Å². The number of ether oxygens (including phenoxy) is 1. The maximum absolute atomic E-state index is 5.72. The van der Waals surface area contributed by atoms with Crippen LogP contribution in [-0.2, 0) is 0 Å². The third-order valence-electron chi connectivity index (χ3n) is 2.09. The number of nitrogens with zero attached hydrogens (tertiary/aromatic N) is 1. The molecular weight excluding hydrogens is 150 g/mol. The van der Waals surface area contributed by atoms with Gasteiger partial charge in [-0.15, -0.1) is 0 Å². The minimum absolute atomic E-state index is 0.464. The maximum atomic E-state index is 5.72. The van der Waals surface area contributed by atoms with E-state index in [0.29, 0.717) is 6.10 Å². The van der Waals surface area contributed by atoms with Gasteiger partial charge in [0, 0.05) is 6.20 Å². The van der Waals surface area contributed by atoms with Crippen molar-refractivity contribution in [3.05, 3.63) is 23.5 Å². The summed E-state index contributed by atoms with van der Waals surface area (Å²) in [7, 11) is 0. The van der Waals surface area contributed by atoms with E-state index in [0.717, 1.165) is 11.4 Å². The molecule has 2 heteroatoms. The molecule has 64 valence electrons. The molecule has 0 saturated heterocycles. The Kier molecular flexibility index (Phi) is 1.75. The van der Waals surface area contributed by atoms with Gasteiger partial charge >= 0.3 is 0 Å². The van der Waals surface area contributed by atoms with Crippen molar-refractivity contribution in [2.75, 3.05) is 0 Å². The van der Waals surface area contributed by atoms with E-state index >= 15 is 0 Å². The average molecular weight is 163 g/mol. The van der Waals surface area contributed by atoms with Crippen LogP contribution in [0, 0.1) is 13.8 Å². The first-order valence-electron chi connectivity index (χ1n) is 4.36. The Balaban J connectivity index is 2.26. The van der Waals surface area contributed by atoms with Crippen LogP contribution >= 0.6 is 0 Å². The normalized spacial score (nSPS) is 16.2. The van der Waals surface area contributed by atoms with Crippen molar-refractivity contribution in [2.45, 2.75) is 32.8 Å². The summed E-state index contributed by atoms with van der Waals surface area (Å²) in [6.07, 6.45) is 4.69. The number of aryl methyl sites for hydroxylation is 2. The summed E-state index contributed by atoms with van der Waals surface area (Å²) in [5, 5.41) is 0. The molecule has 0 amide bonds. The molecule has 1 fully saturated rings. The topological polar surface area (TPSA) is 22.1 Å². The van der Waals surface area contributed by atoms with Crippen LogP contribution < -0.4 is 4.74 Å². The van der Waals surface area contributed by atoms with Gasteiger partial charge in [0.1, 0.15) is 5.75 Å². The number of hydrogen-bond donors (Lipinski definition) is 0. The average Bonchev–Trinajstić information content (AvgIpc) is 2.80. The van der Waals surface area contributed by atoms with Crippen LogP contribution in [0.25, 0.3) is 0 Å². The van der Waals surface area contributed by atoms with E-state index in [1.165, 1.54) is 18.4 Å². The van der Waals surface area contributed by atoms with E-state index in [1.54, 1.807) is 0 Å². The summed E-state index contributed by atoms with van der Waals surface area (Å²) in [6.45, 7) is 4.05. The maximum Gasteiger partial charge on any atom is 0.143 e. The van der Waals surface area contributed by atoms with Gasteiger partial charge in [0.25, 0.3) is 0 Å². The first-order valence-corrected chi connectivity index (χ1v) is 4.36. The van der Waals surface area contributed by atoms with Crippen LogP contribution in [0.5, 0.6) is 5.75 Å². The summed E-state index contributed by atoms with van der Waals surface area (Å²) in [5.41, 5.74) is 2.19. The molecule has 0 aliphatic heterocycles. The lowest BCUT2D eigenvalue weighted by Crippen LogP contribution is -2.00. The summed E-state index contributed by atoms with van der Waals surface area (Å²) in [6, 6.07) is 1.99. The molecule has 0 aromatic carbocycles. The summed E-state index contributed by atoms with van der Waals surface area (Å²) in [4.78, 5) is 4.20. The Bertz CT molecular complexity index is 272. The fourth-order valence-corrected chi connectivity index (χ4v) is 1.21.